The van der Waals surface area contributed by atoms with E-state index in [0.29, 0.717) is 24.5 Å². The second kappa shape index (κ2) is 23.8. The van der Waals surface area contributed by atoms with Gasteiger partial charge in [0.1, 0.15) is 59.2 Å². The van der Waals surface area contributed by atoms with Crippen LogP contribution in [-0.4, -0.2) is 96.3 Å². The summed E-state index contributed by atoms with van der Waals surface area (Å²) < 4.78 is 107. The predicted octanol–water partition coefficient (Wildman–Crippen LogP) is 10.8. The molecule has 2 fully saturated rings. The summed E-state index contributed by atoms with van der Waals surface area (Å²) >= 11 is 11.2. The lowest BCUT2D eigenvalue weighted by molar-refractivity contribution is -0.121. The molecule has 0 spiro atoms. The van der Waals surface area contributed by atoms with Crippen LogP contribution in [0.4, 0.5) is 53.9 Å². The first-order valence-corrected chi connectivity index (χ1v) is 25.7. The molecule has 81 heavy (non-hydrogen) atoms. The van der Waals surface area contributed by atoms with Crippen LogP contribution in [0.5, 0.6) is 11.8 Å². The lowest BCUT2D eigenvalue weighted by Crippen LogP contribution is -2.44. The number of alkyl halides is 4. The van der Waals surface area contributed by atoms with Gasteiger partial charge in [-0.2, -0.15) is 20.5 Å². The van der Waals surface area contributed by atoms with Crippen LogP contribution in [0.25, 0.3) is 21.8 Å². The Kier molecular flexibility index (Phi) is 17.7. The Hall–Kier alpha value is -8.33. The Morgan fingerprint density at radius 1 is 0.654 bits per heavy atom. The first-order chi connectivity index (χ1) is 38.1. The van der Waals surface area contributed by atoms with Gasteiger partial charge in [-0.25, -0.2) is 41.1 Å². The number of aromatic nitrogens is 4. The molecule has 0 unspecified atom stereocenters. The van der Waals surface area contributed by atoms with Crippen molar-refractivity contribution in [2.45, 2.75) is 105 Å². The van der Waals surface area contributed by atoms with Gasteiger partial charge in [0, 0.05) is 35.3 Å². The summed E-state index contributed by atoms with van der Waals surface area (Å²) in [6.07, 6.45) is -5.98. The Morgan fingerprint density at radius 3 is 1.42 bits per heavy atom. The molecule has 2 amide bonds. The molecular formula is C55H52F6N10O8S2. The van der Waals surface area contributed by atoms with Crippen molar-refractivity contribution < 1.29 is 64.8 Å². The van der Waals surface area contributed by atoms with Crippen molar-refractivity contribution in [3.63, 3.8) is 0 Å². The van der Waals surface area contributed by atoms with Crippen LogP contribution >= 0.6 is 24.4 Å². The predicted molar refractivity (Wildman–Crippen MR) is 294 cm³/mol. The van der Waals surface area contributed by atoms with Gasteiger partial charge in [0.05, 0.1) is 52.0 Å². The van der Waals surface area contributed by atoms with Gasteiger partial charge in [-0.3, -0.25) is 19.4 Å². The van der Waals surface area contributed by atoms with E-state index in [1.165, 1.54) is 58.3 Å². The quantitative estimate of drug-likeness (QED) is 0.0437. The minimum atomic E-state index is -2.96. The van der Waals surface area contributed by atoms with Crippen LogP contribution in [0.15, 0.2) is 60.7 Å². The fourth-order valence-corrected chi connectivity index (χ4v) is 9.76. The Balaban J connectivity index is 0.000000237. The van der Waals surface area contributed by atoms with Crippen molar-refractivity contribution in [1.29, 1.82) is 10.5 Å². The number of aryl methyl sites for hydroxylation is 2. The normalized spacial score (nSPS) is 14.9. The average Bonchev–Trinajstić information content (AvgIpc) is 3.84. The standard InChI is InChI=1S/C30H30F3N5O5S.C25H22F3N5O3S/c1-7-22-35-23-20(25(36-22)41-10-11-42-28(40)43-29(2,3)4)13-18(14-21(23)31)38-27(44)37(26(39)30(38,5)6)17-9-8-16(15-34)19(12-17)24(32)33;1-4-19-30-20-17(22(31-19)36-8-7-34)10-15(11-18(20)26)33-24(37)32(23(35)25(33,2)3)14-6-5-13(12-29)16(9-14)21(27)28/h8-9,12-14,24H,7,10-11H2,1-6H3;5-6,9-11,21,34H,4,7-8H2,1-3H3. The number of nitriles is 2. The summed E-state index contributed by atoms with van der Waals surface area (Å²) in [6.45, 7) is 14.3. The number of carbonyl (C=O) groups excluding carboxylic acids is 3. The molecule has 8 rings (SSSR count). The minimum Gasteiger partial charge on any atom is -0.475 e. The van der Waals surface area contributed by atoms with Crippen molar-refractivity contribution in [3.8, 4) is 23.9 Å². The molecule has 0 radical (unpaired) electrons. The molecule has 4 heterocycles. The van der Waals surface area contributed by atoms with E-state index in [2.05, 4.69) is 19.9 Å². The van der Waals surface area contributed by atoms with Gasteiger partial charge in [-0.15, -0.1) is 0 Å². The lowest BCUT2D eigenvalue weighted by atomic mass is 10.0. The molecule has 2 aliphatic heterocycles. The molecule has 18 nitrogen and oxygen atoms in total. The van der Waals surface area contributed by atoms with Crippen molar-refractivity contribution >= 4 is 97.2 Å². The Labute approximate surface area is 471 Å². The van der Waals surface area contributed by atoms with Gasteiger partial charge < -0.3 is 33.9 Å². The number of benzene rings is 4. The minimum absolute atomic E-state index is 0.00307. The summed E-state index contributed by atoms with van der Waals surface area (Å²) in [5.74, 6) is -1.80. The summed E-state index contributed by atoms with van der Waals surface area (Å²) in [5.41, 5.74) is -4.55. The third-order valence-corrected chi connectivity index (χ3v) is 13.3. The fraction of sp³-hybridized carbons (Fsp3) is 0.364. The highest BCUT2D eigenvalue weighted by molar-refractivity contribution is 7.81. The second-order valence-electron chi connectivity index (χ2n) is 20.0. The van der Waals surface area contributed by atoms with Gasteiger partial charge in [-0.05, 0) is 134 Å². The number of halogens is 6. The Bertz CT molecular complexity index is 3610. The van der Waals surface area contributed by atoms with Gasteiger partial charge in [0.25, 0.3) is 24.7 Å². The molecule has 0 saturated carbocycles. The van der Waals surface area contributed by atoms with Crippen molar-refractivity contribution in [1.82, 2.24) is 19.9 Å². The van der Waals surface area contributed by atoms with Crippen LogP contribution in [0.3, 0.4) is 0 Å². The number of ether oxygens (including phenoxy) is 4. The number of rotatable bonds is 15. The molecule has 424 valence electrons. The highest BCUT2D eigenvalue weighted by Gasteiger charge is 2.52. The first kappa shape index (κ1) is 60.3. The van der Waals surface area contributed by atoms with E-state index in [-0.39, 0.29) is 104 Å². The number of anilines is 4. The van der Waals surface area contributed by atoms with Crippen molar-refractivity contribution in [3.05, 3.63) is 106 Å². The van der Waals surface area contributed by atoms with Crippen molar-refractivity contribution in [2.75, 3.05) is 46.0 Å². The number of hydrogen-bond acceptors (Lipinski definition) is 16. The Morgan fingerprint density at radius 2 is 1.06 bits per heavy atom. The molecule has 2 aromatic heterocycles. The lowest BCUT2D eigenvalue weighted by Gasteiger charge is -2.29. The van der Waals surface area contributed by atoms with Crippen LogP contribution in [0.1, 0.15) is 109 Å². The van der Waals surface area contributed by atoms with E-state index in [1.807, 2.05) is 0 Å². The number of carbonyl (C=O) groups is 3. The van der Waals surface area contributed by atoms with E-state index in [9.17, 15) is 42.3 Å². The molecule has 1 N–H and O–H groups in total. The van der Waals surface area contributed by atoms with E-state index in [1.54, 1.807) is 74.5 Å². The van der Waals surface area contributed by atoms with Crippen LogP contribution in [0, 0.1) is 34.3 Å². The van der Waals surface area contributed by atoms with Crippen LogP contribution in [0.2, 0.25) is 0 Å². The van der Waals surface area contributed by atoms with Gasteiger partial charge in [0.15, 0.2) is 21.9 Å². The van der Waals surface area contributed by atoms with E-state index >= 15 is 8.78 Å². The number of aliphatic hydroxyl groups excluding tert-OH is 1. The van der Waals surface area contributed by atoms with E-state index in [4.69, 9.17) is 48.6 Å². The third-order valence-electron chi connectivity index (χ3n) is 12.5. The molecule has 2 saturated heterocycles. The zero-order valence-electron chi connectivity index (χ0n) is 45.0. The first-order valence-electron chi connectivity index (χ1n) is 24.9. The summed E-state index contributed by atoms with van der Waals surface area (Å²) in [6, 6.07) is 16.0. The summed E-state index contributed by atoms with van der Waals surface area (Å²) in [7, 11) is 0. The van der Waals surface area contributed by atoms with E-state index < -0.39 is 70.3 Å². The molecule has 0 aliphatic carbocycles. The van der Waals surface area contributed by atoms with Crippen LogP contribution in [-0.2, 0) is 31.9 Å². The van der Waals surface area contributed by atoms with Crippen LogP contribution < -0.4 is 29.1 Å². The zero-order chi connectivity index (χ0) is 59.6. The average molecular weight is 1160 g/mol. The molecule has 26 heteroatoms. The smallest absolute Gasteiger partial charge is 0.475 e. The maximum absolute atomic E-state index is 15.7. The number of fused-ring (bicyclic) bond motifs is 2. The SMILES string of the molecule is CCc1nc(OCCO)c2cc(N3C(=S)N(c4ccc(C#N)c(C(F)F)c4)C(=O)C3(C)C)cc(F)c2n1.CCc1nc(OCCOC(=O)OC(C)(C)C)c2cc(N3C(=S)N(c4ccc(C#N)c(C(F)F)c4)C(=O)C3(C)C)cc(F)c2n1. The van der Waals surface area contributed by atoms with Gasteiger partial charge >= 0.3 is 6.16 Å². The number of amides is 2. The highest BCUT2D eigenvalue weighted by Crippen LogP contribution is 2.43. The maximum atomic E-state index is 15.7. The highest BCUT2D eigenvalue weighted by atomic mass is 32.1. The van der Waals surface area contributed by atoms with E-state index in [0.717, 1.165) is 21.9 Å². The van der Waals surface area contributed by atoms with Gasteiger partial charge in [0.2, 0.25) is 11.8 Å². The number of hydrogen-bond donors (Lipinski definition) is 1. The summed E-state index contributed by atoms with van der Waals surface area (Å²) in [5, 5.41) is 27.8. The number of nitrogens with zero attached hydrogens (tertiary/aromatic N) is 10. The maximum Gasteiger partial charge on any atom is 0.508 e. The number of thiocarbonyl (C=S) groups is 2. The number of aliphatic hydroxyl groups is 1. The summed E-state index contributed by atoms with van der Waals surface area (Å²) in [4.78, 5) is 61.2. The largest absolute Gasteiger partial charge is 0.508 e. The molecule has 6 aromatic rings. The molecule has 2 aliphatic rings. The molecular weight excluding hydrogens is 1110 g/mol. The van der Waals surface area contributed by atoms with Gasteiger partial charge in [-0.1, -0.05) is 13.8 Å². The second-order valence-corrected chi connectivity index (χ2v) is 20.7. The fourth-order valence-electron chi connectivity index (χ4n) is 8.72. The third kappa shape index (κ3) is 12.1. The zero-order valence-corrected chi connectivity index (χ0v) is 46.7. The molecule has 0 atom stereocenters. The molecule has 4 aromatic carbocycles. The topological polar surface area (TPSA) is 220 Å². The van der Waals surface area contributed by atoms with Crippen molar-refractivity contribution in [2.24, 2.45) is 0 Å². The monoisotopic (exact) mass is 1160 g/mol. The molecule has 0 bridgehead atoms.